The molecule has 0 atom stereocenters. The van der Waals surface area contributed by atoms with Crippen LogP contribution in [0.2, 0.25) is 0 Å². The molecule has 0 unspecified atom stereocenters. The molecule has 0 bridgehead atoms. The highest BCUT2D eigenvalue weighted by Crippen LogP contribution is 2.16. The SMILES string of the molecule is CC(C)c1ccc(C(=O)N(CCCC(=O)O)C(C)C)cc1. The molecular weight excluding hydrogens is 266 g/mol. The van der Waals surface area contributed by atoms with Crippen molar-refractivity contribution in [2.75, 3.05) is 6.54 Å². The maximum absolute atomic E-state index is 12.5. The molecule has 0 aliphatic rings. The summed E-state index contributed by atoms with van der Waals surface area (Å²) in [4.78, 5) is 24.8. The molecule has 0 aliphatic heterocycles. The molecule has 0 spiro atoms. The van der Waals surface area contributed by atoms with Crippen LogP contribution in [0.25, 0.3) is 0 Å². The van der Waals surface area contributed by atoms with Crippen molar-refractivity contribution in [1.82, 2.24) is 4.90 Å². The Morgan fingerprint density at radius 2 is 1.67 bits per heavy atom. The monoisotopic (exact) mass is 291 g/mol. The van der Waals surface area contributed by atoms with Gasteiger partial charge in [-0.25, -0.2) is 0 Å². The average molecular weight is 291 g/mol. The molecule has 0 fully saturated rings. The zero-order valence-corrected chi connectivity index (χ0v) is 13.3. The van der Waals surface area contributed by atoms with Crippen molar-refractivity contribution in [3.63, 3.8) is 0 Å². The van der Waals surface area contributed by atoms with E-state index in [9.17, 15) is 9.59 Å². The molecule has 1 N–H and O–H groups in total. The number of nitrogens with zero attached hydrogens (tertiary/aromatic N) is 1. The smallest absolute Gasteiger partial charge is 0.303 e. The first-order chi connectivity index (χ1) is 9.82. The molecule has 1 amide bonds. The number of carbonyl (C=O) groups is 2. The van der Waals surface area contributed by atoms with Gasteiger partial charge in [0.1, 0.15) is 0 Å². The Hall–Kier alpha value is -1.84. The van der Waals surface area contributed by atoms with E-state index < -0.39 is 5.97 Å². The summed E-state index contributed by atoms with van der Waals surface area (Å²) in [7, 11) is 0. The van der Waals surface area contributed by atoms with E-state index in [2.05, 4.69) is 13.8 Å². The molecule has 1 rings (SSSR count). The lowest BCUT2D eigenvalue weighted by molar-refractivity contribution is -0.137. The number of amides is 1. The molecule has 0 aliphatic carbocycles. The lowest BCUT2D eigenvalue weighted by atomic mass is 10.0. The molecule has 4 heteroatoms. The Bertz CT molecular complexity index is 477. The van der Waals surface area contributed by atoms with Crippen molar-refractivity contribution in [2.24, 2.45) is 0 Å². The van der Waals surface area contributed by atoms with Crippen LogP contribution >= 0.6 is 0 Å². The van der Waals surface area contributed by atoms with Crippen molar-refractivity contribution in [3.05, 3.63) is 35.4 Å². The fourth-order valence-corrected chi connectivity index (χ4v) is 2.17. The summed E-state index contributed by atoms with van der Waals surface area (Å²) in [6, 6.07) is 7.71. The van der Waals surface area contributed by atoms with Gasteiger partial charge in [0, 0.05) is 24.6 Å². The summed E-state index contributed by atoms with van der Waals surface area (Å²) in [6.45, 7) is 8.59. The minimum atomic E-state index is -0.826. The van der Waals surface area contributed by atoms with Gasteiger partial charge < -0.3 is 10.0 Å². The molecule has 0 aromatic heterocycles. The van der Waals surface area contributed by atoms with Gasteiger partial charge in [-0.05, 0) is 43.9 Å². The van der Waals surface area contributed by atoms with Crippen LogP contribution in [-0.2, 0) is 4.79 Å². The van der Waals surface area contributed by atoms with Crippen LogP contribution in [0.3, 0.4) is 0 Å². The molecule has 0 heterocycles. The van der Waals surface area contributed by atoms with Crippen LogP contribution in [0.5, 0.6) is 0 Å². The number of rotatable bonds is 7. The van der Waals surface area contributed by atoms with E-state index in [0.717, 1.165) is 0 Å². The van der Waals surface area contributed by atoms with Gasteiger partial charge in [0.15, 0.2) is 0 Å². The van der Waals surface area contributed by atoms with Crippen LogP contribution in [0.4, 0.5) is 0 Å². The number of carboxylic acid groups (broad SMARTS) is 1. The third-order valence-corrected chi connectivity index (χ3v) is 3.50. The Kier molecular flexibility index (Phi) is 6.40. The highest BCUT2D eigenvalue weighted by atomic mass is 16.4. The predicted octanol–water partition coefficient (Wildman–Crippen LogP) is 3.53. The quantitative estimate of drug-likeness (QED) is 0.836. The summed E-state index contributed by atoms with van der Waals surface area (Å²) in [6.07, 6.45) is 0.562. The molecule has 0 saturated heterocycles. The number of hydrogen-bond donors (Lipinski definition) is 1. The number of benzene rings is 1. The van der Waals surface area contributed by atoms with Crippen LogP contribution < -0.4 is 0 Å². The van der Waals surface area contributed by atoms with Crippen molar-refractivity contribution in [2.45, 2.75) is 52.5 Å². The molecule has 0 radical (unpaired) electrons. The fraction of sp³-hybridized carbons (Fsp3) is 0.529. The minimum Gasteiger partial charge on any atom is -0.481 e. The first-order valence-electron chi connectivity index (χ1n) is 7.45. The summed E-state index contributed by atoms with van der Waals surface area (Å²) in [5.41, 5.74) is 1.86. The van der Waals surface area contributed by atoms with E-state index >= 15 is 0 Å². The molecule has 0 saturated carbocycles. The Labute approximate surface area is 126 Å². The van der Waals surface area contributed by atoms with E-state index in [-0.39, 0.29) is 18.4 Å². The molecule has 116 valence electrons. The highest BCUT2D eigenvalue weighted by Gasteiger charge is 2.18. The minimum absolute atomic E-state index is 0.0364. The lowest BCUT2D eigenvalue weighted by Gasteiger charge is -2.27. The van der Waals surface area contributed by atoms with Crippen molar-refractivity contribution >= 4 is 11.9 Å². The van der Waals surface area contributed by atoms with Gasteiger partial charge in [-0.2, -0.15) is 0 Å². The molecule has 1 aromatic rings. The topological polar surface area (TPSA) is 57.6 Å². The summed E-state index contributed by atoms with van der Waals surface area (Å²) in [5, 5.41) is 8.70. The Morgan fingerprint density at radius 1 is 1.10 bits per heavy atom. The van der Waals surface area contributed by atoms with Crippen LogP contribution in [-0.4, -0.2) is 34.5 Å². The second-order valence-corrected chi connectivity index (χ2v) is 5.87. The number of aliphatic carboxylic acids is 1. The zero-order chi connectivity index (χ0) is 16.0. The van der Waals surface area contributed by atoms with Gasteiger partial charge in [0.25, 0.3) is 5.91 Å². The second-order valence-electron chi connectivity index (χ2n) is 5.87. The van der Waals surface area contributed by atoms with E-state index in [4.69, 9.17) is 5.11 Å². The number of carbonyl (C=O) groups excluding carboxylic acids is 1. The van der Waals surface area contributed by atoms with Crippen LogP contribution in [0.15, 0.2) is 24.3 Å². The van der Waals surface area contributed by atoms with Crippen molar-refractivity contribution in [1.29, 1.82) is 0 Å². The largest absolute Gasteiger partial charge is 0.481 e. The third kappa shape index (κ3) is 5.21. The van der Waals surface area contributed by atoms with Gasteiger partial charge in [-0.15, -0.1) is 0 Å². The third-order valence-electron chi connectivity index (χ3n) is 3.50. The summed E-state index contributed by atoms with van der Waals surface area (Å²) < 4.78 is 0. The van der Waals surface area contributed by atoms with E-state index in [1.807, 2.05) is 38.1 Å². The number of hydrogen-bond acceptors (Lipinski definition) is 2. The first-order valence-corrected chi connectivity index (χ1v) is 7.45. The number of carboxylic acids is 1. The Balaban J connectivity index is 2.78. The van der Waals surface area contributed by atoms with Gasteiger partial charge in [-0.3, -0.25) is 9.59 Å². The summed E-state index contributed by atoms with van der Waals surface area (Å²) >= 11 is 0. The predicted molar refractivity (Wildman–Crippen MR) is 83.6 cm³/mol. The van der Waals surface area contributed by atoms with Crippen molar-refractivity contribution in [3.8, 4) is 0 Å². The van der Waals surface area contributed by atoms with E-state index in [0.29, 0.717) is 24.4 Å². The van der Waals surface area contributed by atoms with Crippen LogP contribution in [0.1, 0.15) is 62.4 Å². The molecule has 1 aromatic carbocycles. The molecular formula is C17H25NO3. The van der Waals surface area contributed by atoms with Crippen molar-refractivity contribution < 1.29 is 14.7 Å². The van der Waals surface area contributed by atoms with Gasteiger partial charge in [0.05, 0.1) is 0 Å². The second kappa shape index (κ2) is 7.81. The first kappa shape index (κ1) is 17.2. The highest BCUT2D eigenvalue weighted by molar-refractivity contribution is 5.94. The zero-order valence-electron chi connectivity index (χ0n) is 13.3. The lowest BCUT2D eigenvalue weighted by Crippen LogP contribution is -2.37. The van der Waals surface area contributed by atoms with Gasteiger partial charge >= 0.3 is 5.97 Å². The summed E-state index contributed by atoms with van der Waals surface area (Å²) in [5.74, 6) is -0.427. The van der Waals surface area contributed by atoms with Gasteiger partial charge in [-0.1, -0.05) is 26.0 Å². The average Bonchev–Trinajstić information content (AvgIpc) is 2.42. The Morgan fingerprint density at radius 3 is 2.10 bits per heavy atom. The molecule has 21 heavy (non-hydrogen) atoms. The fourth-order valence-electron chi connectivity index (χ4n) is 2.17. The molecule has 4 nitrogen and oxygen atoms in total. The standard InChI is InChI=1S/C17H25NO3/c1-12(2)14-7-9-15(10-8-14)17(21)18(13(3)4)11-5-6-16(19)20/h7-10,12-13H,5-6,11H2,1-4H3,(H,19,20). The van der Waals surface area contributed by atoms with E-state index in [1.165, 1.54) is 5.56 Å². The van der Waals surface area contributed by atoms with Gasteiger partial charge in [0.2, 0.25) is 0 Å². The normalized spacial score (nSPS) is 11.0. The van der Waals surface area contributed by atoms with E-state index in [1.54, 1.807) is 4.90 Å². The maximum atomic E-state index is 12.5. The maximum Gasteiger partial charge on any atom is 0.303 e. The van der Waals surface area contributed by atoms with Crippen LogP contribution in [0, 0.1) is 0 Å².